The number of hydrogen-bond donors (Lipinski definition) is 1. The molecule has 1 saturated heterocycles. The molecule has 8 heteroatoms. The fourth-order valence-electron chi connectivity index (χ4n) is 5.05. The summed E-state index contributed by atoms with van der Waals surface area (Å²) in [7, 11) is 0. The van der Waals surface area contributed by atoms with Gasteiger partial charge in [-0.1, -0.05) is 36.4 Å². The second-order valence-electron chi connectivity index (χ2n) is 9.37. The van der Waals surface area contributed by atoms with Crippen LogP contribution in [-0.4, -0.2) is 59.0 Å². The van der Waals surface area contributed by atoms with Crippen molar-refractivity contribution >= 4 is 5.65 Å². The van der Waals surface area contributed by atoms with E-state index in [-0.39, 0.29) is 12.1 Å². The van der Waals surface area contributed by atoms with Gasteiger partial charge in [0.05, 0.1) is 19.4 Å². The van der Waals surface area contributed by atoms with Crippen LogP contribution in [0.5, 0.6) is 11.5 Å². The zero-order chi connectivity index (χ0) is 24.3. The van der Waals surface area contributed by atoms with Crippen molar-refractivity contribution < 1.29 is 14.2 Å². The van der Waals surface area contributed by atoms with Crippen molar-refractivity contribution in [3.05, 3.63) is 78.0 Å². The number of benzene rings is 2. The molecule has 186 valence electrons. The molecule has 2 aromatic heterocycles. The fraction of sp³-hybridized carbons (Fsp3) is 0.357. The minimum atomic E-state index is -0.0263. The first-order chi connectivity index (χ1) is 17.7. The van der Waals surface area contributed by atoms with E-state index < -0.39 is 0 Å². The van der Waals surface area contributed by atoms with Gasteiger partial charge in [0.2, 0.25) is 0 Å². The maximum Gasteiger partial charge on any atom is 0.168 e. The average Bonchev–Trinajstić information content (AvgIpc) is 3.35. The molecular weight excluding hydrogens is 454 g/mol. The molecule has 8 nitrogen and oxygen atoms in total. The lowest BCUT2D eigenvalue weighted by Gasteiger charge is -2.30. The smallest absolute Gasteiger partial charge is 0.168 e. The van der Waals surface area contributed by atoms with Gasteiger partial charge in [0.25, 0.3) is 0 Å². The highest BCUT2D eigenvalue weighted by Crippen LogP contribution is 2.37. The molecule has 6 rings (SSSR count). The number of ether oxygens (including phenoxy) is 3. The molecule has 0 saturated carbocycles. The van der Waals surface area contributed by atoms with Crippen molar-refractivity contribution in [1.82, 2.24) is 19.5 Å². The van der Waals surface area contributed by atoms with Crippen LogP contribution in [0.15, 0.2) is 66.9 Å². The monoisotopic (exact) mass is 485 g/mol. The van der Waals surface area contributed by atoms with Crippen LogP contribution in [0.4, 0.5) is 0 Å². The molecule has 1 fully saturated rings. The lowest BCUT2D eigenvalue weighted by Crippen LogP contribution is -2.38. The maximum absolute atomic E-state index is 6.46. The molecule has 2 unspecified atom stereocenters. The number of rotatable bonds is 7. The predicted octanol–water partition coefficient (Wildman–Crippen LogP) is 4.02. The Morgan fingerprint density at radius 3 is 2.67 bits per heavy atom. The zero-order valence-electron chi connectivity index (χ0n) is 20.3. The molecule has 2 N–H and O–H groups in total. The van der Waals surface area contributed by atoms with Gasteiger partial charge in [-0.25, -0.2) is 0 Å². The molecule has 1 aliphatic heterocycles. The van der Waals surface area contributed by atoms with Crippen LogP contribution < -0.4 is 15.2 Å². The summed E-state index contributed by atoms with van der Waals surface area (Å²) in [5.41, 5.74) is 10.4. The Morgan fingerprint density at radius 1 is 0.917 bits per heavy atom. The third-order valence-corrected chi connectivity index (χ3v) is 7.01. The number of nitrogens with two attached hydrogens (primary N) is 1. The van der Waals surface area contributed by atoms with Gasteiger partial charge in [0.1, 0.15) is 24.2 Å². The van der Waals surface area contributed by atoms with Crippen molar-refractivity contribution in [1.29, 1.82) is 0 Å². The minimum absolute atomic E-state index is 0.0263. The minimum Gasteiger partial charge on any atom is -0.492 e. The number of fused-ring (bicyclic) bond motifs is 2. The van der Waals surface area contributed by atoms with E-state index in [9.17, 15) is 0 Å². The average molecular weight is 486 g/mol. The molecule has 3 heterocycles. The lowest BCUT2D eigenvalue weighted by molar-refractivity contribution is 0.0322. The summed E-state index contributed by atoms with van der Waals surface area (Å²) in [5.74, 6) is 2.34. The van der Waals surface area contributed by atoms with Crippen molar-refractivity contribution in [3.63, 3.8) is 0 Å². The molecule has 0 amide bonds. The van der Waals surface area contributed by atoms with E-state index in [4.69, 9.17) is 19.9 Å². The highest BCUT2D eigenvalue weighted by atomic mass is 16.5. The van der Waals surface area contributed by atoms with Crippen LogP contribution in [-0.2, 0) is 4.74 Å². The van der Waals surface area contributed by atoms with E-state index in [1.54, 1.807) is 0 Å². The first kappa shape index (κ1) is 23.0. The number of hydrogen-bond acceptors (Lipinski definition) is 7. The highest BCUT2D eigenvalue weighted by Gasteiger charge is 2.26. The van der Waals surface area contributed by atoms with Crippen molar-refractivity contribution in [2.75, 3.05) is 39.5 Å². The lowest BCUT2D eigenvalue weighted by atomic mass is 9.86. The molecule has 0 bridgehead atoms. The molecule has 2 aromatic carbocycles. The van der Waals surface area contributed by atoms with Crippen molar-refractivity contribution in [2.45, 2.75) is 25.0 Å². The summed E-state index contributed by atoms with van der Waals surface area (Å²) in [5, 5.41) is 8.82. The van der Waals surface area contributed by atoms with Gasteiger partial charge >= 0.3 is 0 Å². The Labute approximate surface area is 210 Å². The normalized spacial score (nSPS) is 20.2. The number of morpholine rings is 1. The summed E-state index contributed by atoms with van der Waals surface area (Å²) in [6.45, 7) is 5.02. The van der Waals surface area contributed by atoms with Gasteiger partial charge in [-0.15, -0.1) is 10.2 Å². The zero-order valence-corrected chi connectivity index (χ0v) is 20.3. The first-order valence-corrected chi connectivity index (χ1v) is 12.6. The Kier molecular flexibility index (Phi) is 6.55. The number of aromatic nitrogens is 3. The largest absolute Gasteiger partial charge is 0.492 e. The standard InChI is InChI=1S/C28H31N5O3/c29-25-9-10-26(24-7-2-1-6-23(24)25)36-22-8-11-27-30-31-28(33(27)19-22)20-4-3-5-21(18-20)35-17-14-32-12-15-34-16-13-32/h1-8,11,18-19,25-26H,9-10,12-17,29H2. The van der Waals surface area contributed by atoms with Gasteiger partial charge in [0, 0.05) is 31.2 Å². The topological polar surface area (TPSA) is 87.1 Å². The van der Waals surface area contributed by atoms with Gasteiger partial charge in [-0.3, -0.25) is 9.30 Å². The van der Waals surface area contributed by atoms with E-state index in [1.807, 2.05) is 59.1 Å². The Morgan fingerprint density at radius 2 is 1.78 bits per heavy atom. The summed E-state index contributed by atoms with van der Waals surface area (Å²) in [4.78, 5) is 2.36. The molecule has 1 aliphatic carbocycles. The Balaban J connectivity index is 1.20. The third kappa shape index (κ3) is 4.80. The van der Waals surface area contributed by atoms with Crippen LogP contribution in [0.2, 0.25) is 0 Å². The van der Waals surface area contributed by atoms with Crippen LogP contribution in [0.25, 0.3) is 17.0 Å². The van der Waals surface area contributed by atoms with Gasteiger partial charge in [0.15, 0.2) is 11.5 Å². The van der Waals surface area contributed by atoms with E-state index in [0.29, 0.717) is 6.61 Å². The quantitative estimate of drug-likeness (QED) is 0.423. The van der Waals surface area contributed by atoms with Crippen molar-refractivity contribution in [3.8, 4) is 22.9 Å². The van der Waals surface area contributed by atoms with Crippen LogP contribution in [0, 0.1) is 0 Å². The summed E-state index contributed by atoms with van der Waals surface area (Å²) >= 11 is 0. The summed E-state index contributed by atoms with van der Waals surface area (Å²) in [6.07, 6.45) is 3.73. The SMILES string of the molecule is NC1CCC(Oc2ccc3nnc(-c4cccc(OCCN5CCOCC5)c4)n3c2)c2ccccc21. The number of nitrogens with zero attached hydrogens (tertiary/aromatic N) is 4. The fourth-order valence-corrected chi connectivity index (χ4v) is 5.05. The second-order valence-corrected chi connectivity index (χ2v) is 9.37. The van der Waals surface area contributed by atoms with Gasteiger partial charge in [-0.2, -0.15) is 0 Å². The van der Waals surface area contributed by atoms with E-state index in [2.05, 4.69) is 27.2 Å². The molecule has 0 radical (unpaired) electrons. The van der Waals surface area contributed by atoms with Gasteiger partial charge in [-0.05, 0) is 48.2 Å². The maximum atomic E-state index is 6.46. The van der Waals surface area contributed by atoms with Gasteiger partial charge < -0.3 is 19.9 Å². The van der Waals surface area contributed by atoms with Crippen LogP contribution in [0.3, 0.4) is 0 Å². The molecule has 2 atom stereocenters. The van der Waals surface area contributed by atoms with E-state index >= 15 is 0 Å². The molecule has 36 heavy (non-hydrogen) atoms. The Hall–Kier alpha value is -3.46. The first-order valence-electron chi connectivity index (χ1n) is 12.6. The number of pyridine rings is 1. The van der Waals surface area contributed by atoms with Crippen LogP contribution in [0.1, 0.15) is 36.1 Å². The van der Waals surface area contributed by atoms with Crippen molar-refractivity contribution in [2.24, 2.45) is 5.73 Å². The second kappa shape index (κ2) is 10.3. The molecule has 4 aromatic rings. The summed E-state index contributed by atoms with van der Waals surface area (Å²) in [6, 6.07) is 20.3. The highest BCUT2D eigenvalue weighted by molar-refractivity contribution is 5.61. The Bertz CT molecular complexity index is 1330. The molecule has 0 spiro atoms. The van der Waals surface area contributed by atoms with E-state index in [0.717, 1.165) is 74.2 Å². The van der Waals surface area contributed by atoms with Crippen LogP contribution >= 0.6 is 0 Å². The molecule has 2 aliphatic rings. The summed E-state index contributed by atoms with van der Waals surface area (Å²) < 4.78 is 19.9. The third-order valence-electron chi connectivity index (χ3n) is 7.01. The molecular formula is C28H31N5O3. The predicted molar refractivity (Wildman–Crippen MR) is 137 cm³/mol. The van der Waals surface area contributed by atoms with E-state index in [1.165, 1.54) is 11.1 Å².